The zero-order valence-electron chi connectivity index (χ0n) is 14.7. The maximum absolute atomic E-state index is 11.3. The summed E-state index contributed by atoms with van der Waals surface area (Å²) in [6, 6.07) is 16.0. The molecule has 5 nitrogen and oxygen atoms in total. The molecule has 0 heterocycles. The number of para-hydroxylation sites is 1. The number of ether oxygens (including phenoxy) is 2. The van der Waals surface area contributed by atoms with E-state index in [0.717, 1.165) is 44.5 Å². The molecule has 2 aromatic rings. The number of carbonyl (C=O) groups excluding carboxylic acids is 1. The number of hydrogen-bond donors (Lipinski definition) is 1. The van der Waals surface area contributed by atoms with Crippen molar-refractivity contribution in [1.29, 1.82) is 0 Å². The van der Waals surface area contributed by atoms with Gasteiger partial charge in [-0.15, -0.1) is 0 Å². The van der Waals surface area contributed by atoms with E-state index in [1.165, 1.54) is 12.1 Å². The number of carbonyl (C=O) groups is 2. The van der Waals surface area contributed by atoms with Crippen LogP contribution in [0.5, 0.6) is 11.5 Å². The van der Waals surface area contributed by atoms with E-state index in [-0.39, 0.29) is 5.56 Å². The number of rotatable bonds is 12. The van der Waals surface area contributed by atoms with E-state index in [9.17, 15) is 9.59 Å². The molecule has 0 unspecified atom stereocenters. The van der Waals surface area contributed by atoms with Crippen molar-refractivity contribution in [2.24, 2.45) is 0 Å². The number of unbranched alkanes of at least 4 members (excludes halogenated alkanes) is 4. The summed E-state index contributed by atoms with van der Waals surface area (Å²) in [4.78, 5) is 21.9. The zero-order valence-corrected chi connectivity index (χ0v) is 14.7. The second-order valence-corrected chi connectivity index (χ2v) is 5.94. The molecule has 0 fully saturated rings. The van der Waals surface area contributed by atoms with E-state index in [1.807, 2.05) is 30.3 Å². The van der Waals surface area contributed by atoms with Gasteiger partial charge in [0.1, 0.15) is 11.5 Å². The Balaban J connectivity index is 1.50. The van der Waals surface area contributed by atoms with Gasteiger partial charge in [0.25, 0.3) is 5.78 Å². The third kappa shape index (κ3) is 6.97. The fraction of sp³-hybridized carbons (Fsp3) is 0.333. The molecule has 0 aliphatic carbocycles. The highest BCUT2D eigenvalue weighted by Gasteiger charge is 2.13. The van der Waals surface area contributed by atoms with Crippen LogP contribution < -0.4 is 9.47 Å². The predicted octanol–water partition coefficient (Wildman–Crippen LogP) is 4.36. The molecule has 2 aromatic carbocycles. The molecule has 26 heavy (non-hydrogen) atoms. The van der Waals surface area contributed by atoms with Crippen molar-refractivity contribution in [2.75, 3.05) is 13.2 Å². The van der Waals surface area contributed by atoms with Crippen molar-refractivity contribution in [1.82, 2.24) is 0 Å². The van der Waals surface area contributed by atoms with Crippen molar-refractivity contribution >= 4 is 11.8 Å². The van der Waals surface area contributed by atoms with Gasteiger partial charge in [-0.05, 0) is 49.2 Å². The van der Waals surface area contributed by atoms with Crippen LogP contribution in [0, 0.1) is 0 Å². The van der Waals surface area contributed by atoms with E-state index < -0.39 is 11.8 Å². The average molecular weight is 356 g/mol. The summed E-state index contributed by atoms with van der Waals surface area (Å²) in [6.45, 7) is 1.34. The Hall–Kier alpha value is -2.82. The van der Waals surface area contributed by atoms with Crippen LogP contribution in [0.25, 0.3) is 0 Å². The normalized spacial score (nSPS) is 10.3. The predicted molar refractivity (Wildman–Crippen MR) is 98.9 cm³/mol. The quantitative estimate of drug-likeness (QED) is 0.347. The third-order valence-corrected chi connectivity index (χ3v) is 3.88. The molecule has 0 radical (unpaired) electrons. The summed E-state index contributed by atoms with van der Waals surface area (Å²) in [6.07, 6.45) is 5.33. The second kappa shape index (κ2) is 10.9. The van der Waals surface area contributed by atoms with E-state index in [2.05, 4.69) is 0 Å². The number of carboxylic acids is 1. The number of ketones is 1. The van der Waals surface area contributed by atoms with Crippen LogP contribution in [-0.4, -0.2) is 30.1 Å². The van der Waals surface area contributed by atoms with Crippen LogP contribution in [0.4, 0.5) is 0 Å². The maximum atomic E-state index is 11.3. The monoisotopic (exact) mass is 356 g/mol. The first-order valence-electron chi connectivity index (χ1n) is 8.85. The van der Waals surface area contributed by atoms with Crippen LogP contribution in [0.2, 0.25) is 0 Å². The van der Waals surface area contributed by atoms with Gasteiger partial charge in [-0.1, -0.05) is 37.5 Å². The Labute approximate surface area is 153 Å². The van der Waals surface area contributed by atoms with Crippen LogP contribution >= 0.6 is 0 Å². The lowest BCUT2D eigenvalue weighted by Gasteiger charge is -2.07. The smallest absolute Gasteiger partial charge is 0.377 e. The Bertz CT molecular complexity index is 679. The summed E-state index contributed by atoms with van der Waals surface area (Å²) in [5, 5.41) is 8.65. The largest absolute Gasteiger partial charge is 0.494 e. The number of carboxylic acid groups (broad SMARTS) is 1. The third-order valence-electron chi connectivity index (χ3n) is 3.88. The number of hydrogen-bond acceptors (Lipinski definition) is 4. The van der Waals surface area contributed by atoms with E-state index >= 15 is 0 Å². The summed E-state index contributed by atoms with van der Waals surface area (Å²) in [5.41, 5.74) is 0.155. The van der Waals surface area contributed by atoms with Gasteiger partial charge in [-0.3, -0.25) is 4.79 Å². The first-order valence-corrected chi connectivity index (χ1v) is 8.85. The number of benzene rings is 2. The fourth-order valence-electron chi connectivity index (χ4n) is 2.46. The molecule has 0 amide bonds. The van der Waals surface area contributed by atoms with Crippen molar-refractivity contribution in [3.05, 3.63) is 60.2 Å². The molecule has 0 saturated carbocycles. The van der Waals surface area contributed by atoms with Crippen LogP contribution in [0.3, 0.4) is 0 Å². The SMILES string of the molecule is O=C(O)C(=O)c1ccc(OCCCCCCCOc2ccccc2)cc1. The molecule has 0 spiro atoms. The molecule has 0 aliphatic rings. The van der Waals surface area contributed by atoms with Crippen LogP contribution in [0.1, 0.15) is 42.5 Å². The molecular weight excluding hydrogens is 332 g/mol. The first-order chi connectivity index (χ1) is 12.7. The molecular formula is C21H24O5. The molecule has 0 atom stereocenters. The zero-order chi connectivity index (χ0) is 18.6. The van der Waals surface area contributed by atoms with Gasteiger partial charge in [0, 0.05) is 5.56 Å². The van der Waals surface area contributed by atoms with E-state index in [4.69, 9.17) is 14.6 Å². The summed E-state index contributed by atoms with van der Waals surface area (Å²) in [7, 11) is 0. The molecule has 2 rings (SSSR count). The van der Waals surface area contributed by atoms with Crippen molar-refractivity contribution in [3.63, 3.8) is 0 Å². The van der Waals surface area contributed by atoms with Crippen molar-refractivity contribution in [2.45, 2.75) is 32.1 Å². The Morgan fingerprint density at radius 2 is 1.19 bits per heavy atom. The summed E-state index contributed by atoms with van der Waals surface area (Å²) in [5.74, 6) is -0.805. The van der Waals surface area contributed by atoms with Gasteiger partial charge in [0.15, 0.2) is 0 Å². The molecule has 0 saturated heterocycles. The standard InChI is InChI=1S/C21H24O5/c22-20(21(23)24)17-11-13-19(14-12-17)26-16-8-3-1-2-7-15-25-18-9-5-4-6-10-18/h4-6,9-14H,1-3,7-8,15-16H2,(H,23,24). The molecule has 1 N–H and O–H groups in total. The minimum atomic E-state index is -1.45. The minimum Gasteiger partial charge on any atom is -0.494 e. The topological polar surface area (TPSA) is 72.8 Å². The van der Waals surface area contributed by atoms with Gasteiger partial charge in [0.05, 0.1) is 13.2 Å². The highest BCUT2D eigenvalue weighted by molar-refractivity contribution is 6.39. The van der Waals surface area contributed by atoms with E-state index in [0.29, 0.717) is 12.4 Å². The first kappa shape index (κ1) is 19.5. The molecule has 0 aromatic heterocycles. The highest BCUT2D eigenvalue weighted by Crippen LogP contribution is 2.14. The number of aliphatic carboxylic acids is 1. The Kier molecular flexibility index (Phi) is 8.19. The van der Waals surface area contributed by atoms with Gasteiger partial charge >= 0.3 is 5.97 Å². The Morgan fingerprint density at radius 3 is 1.73 bits per heavy atom. The highest BCUT2D eigenvalue weighted by atomic mass is 16.5. The maximum Gasteiger partial charge on any atom is 0.377 e. The Morgan fingerprint density at radius 1 is 0.692 bits per heavy atom. The van der Waals surface area contributed by atoms with E-state index in [1.54, 1.807) is 12.1 Å². The lowest BCUT2D eigenvalue weighted by molar-refractivity contribution is -0.131. The molecule has 0 aliphatic heterocycles. The van der Waals surface area contributed by atoms with Crippen LogP contribution in [-0.2, 0) is 4.79 Å². The van der Waals surface area contributed by atoms with Crippen molar-refractivity contribution in [3.8, 4) is 11.5 Å². The average Bonchev–Trinajstić information content (AvgIpc) is 2.67. The second-order valence-electron chi connectivity index (χ2n) is 5.94. The minimum absolute atomic E-state index is 0.155. The lowest BCUT2D eigenvalue weighted by Crippen LogP contribution is -2.12. The molecule has 0 bridgehead atoms. The summed E-state index contributed by atoms with van der Waals surface area (Å²) < 4.78 is 11.3. The van der Waals surface area contributed by atoms with Crippen molar-refractivity contribution < 1.29 is 24.2 Å². The van der Waals surface area contributed by atoms with Gasteiger partial charge in [-0.2, -0.15) is 0 Å². The van der Waals surface area contributed by atoms with Gasteiger partial charge in [0.2, 0.25) is 0 Å². The molecule has 138 valence electrons. The van der Waals surface area contributed by atoms with Gasteiger partial charge < -0.3 is 14.6 Å². The summed E-state index contributed by atoms with van der Waals surface area (Å²) >= 11 is 0. The molecule has 5 heteroatoms. The number of Topliss-reactive ketones (excluding diaryl/α,β-unsaturated/α-hetero) is 1. The lowest BCUT2D eigenvalue weighted by atomic mass is 10.1. The fourth-order valence-corrected chi connectivity index (χ4v) is 2.46. The van der Waals surface area contributed by atoms with Crippen LogP contribution in [0.15, 0.2) is 54.6 Å². The van der Waals surface area contributed by atoms with Gasteiger partial charge in [-0.25, -0.2) is 4.79 Å².